The number of benzene rings is 2. The first kappa shape index (κ1) is 20.1. The minimum Gasteiger partial charge on any atom is -0.495 e. The molecule has 0 saturated carbocycles. The van der Waals surface area contributed by atoms with Crippen molar-refractivity contribution in [3.05, 3.63) is 59.0 Å². The lowest BCUT2D eigenvalue weighted by atomic mass is 10.1. The second-order valence-corrected chi connectivity index (χ2v) is 6.37. The number of hydrogen-bond donors (Lipinski definition) is 3. The number of H-pyrrole nitrogens is 1. The van der Waals surface area contributed by atoms with Crippen LogP contribution in [0.5, 0.6) is 5.75 Å². The molecule has 1 aromatic heterocycles. The number of ether oxygens (including phenoxy) is 1. The summed E-state index contributed by atoms with van der Waals surface area (Å²) in [7, 11) is 2.97. The van der Waals surface area contributed by atoms with Gasteiger partial charge in [0.05, 0.1) is 29.3 Å². The topological polar surface area (TPSA) is 96.1 Å². The summed E-state index contributed by atoms with van der Waals surface area (Å²) in [5.41, 5.74) is 2.35. The van der Waals surface area contributed by atoms with Crippen LogP contribution >= 0.6 is 0 Å². The van der Waals surface area contributed by atoms with Crippen LogP contribution in [0.3, 0.4) is 0 Å². The molecule has 0 fully saturated rings. The molecular weight excluding hydrogens is 375 g/mol. The second kappa shape index (κ2) is 8.55. The molecule has 0 aliphatic heterocycles. The quantitative estimate of drug-likeness (QED) is 0.597. The Labute approximate surface area is 166 Å². The molecule has 150 valence electrons. The van der Waals surface area contributed by atoms with E-state index in [0.717, 1.165) is 5.56 Å². The summed E-state index contributed by atoms with van der Waals surface area (Å²) in [6, 6.07) is 8.66. The number of likely N-dealkylation sites (N-methyl/N-ethyl adjacent to an activating group) is 1. The van der Waals surface area contributed by atoms with Gasteiger partial charge in [0, 0.05) is 7.05 Å². The van der Waals surface area contributed by atoms with Crippen molar-refractivity contribution in [3.8, 4) is 5.75 Å². The molecule has 0 aliphatic rings. The third-order valence-electron chi connectivity index (χ3n) is 4.45. The van der Waals surface area contributed by atoms with Gasteiger partial charge in [-0.15, -0.1) is 0 Å². The number of nitrogens with one attached hydrogen (secondary N) is 3. The fourth-order valence-electron chi connectivity index (χ4n) is 2.92. The van der Waals surface area contributed by atoms with E-state index < -0.39 is 11.9 Å². The van der Waals surface area contributed by atoms with Crippen molar-refractivity contribution in [1.82, 2.24) is 20.8 Å². The van der Waals surface area contributed by atoms with Gasteiger partial charge in [0.15, 0.2) is 0 Å². The maximum absolute atomic E-state index is 13.1. The normalized spacial score (nSPS) is 12.1. The molecule has 0 saturated heterocycles. The summed E-state index contributed by atoms with van der Waals surface area (Å²) in [5, 5.41) is 12.9. The Hall–Kier alpha value is -3.68. The summed E-state index contributed by atoms with van der Waals surface area (Å²) < 4.78 is 18.6. The van der Waals surface area contributed by atoms with Crippen LogP contribution < -0.4 is 15.4 Å². The molecule has 3 aromatic rings. The number of aromatic nitrogens is 2. The van der Waals surface area contributed by atoms with Crippen molar-refractivity contribution in [2.75, 3.05) is 14.2 Å². The maximum Gasteiger partial charge on any atom is 0.255 e. The van der Waals surface area contributed by atoms with Gasteiger partial charge in [0.25, 0.3) is 5.91 Å². The number of rotatable bonds is 6. The van der Waals surface area contributed by atoms with Crippen LogP contribution in [-0.4, -0.2) is 42.2 Å². The Kier molecular flexibility index (Phi) is 5.92. The van der Waals surface area contributed by atoms with Crippen molar-refractivity contribution in [2.24, 2.45) is 0 Å². The van der Waals surface area contributed by atoms with Crippen LogP contribution in [0.2, 0.25) is 0 Å². The Balaban J connectivity index is 1.97. The maximum atomic E-state index is 13.1. The van der Waals surface area contributed by atoms with Crippen molar-refractivity contribution in [2.45, 2.75) is 13.0 Å². The van der Waals surface area contributed by atoms with E-state index in [2.05, 4.69) is 20.8 Å². The molecule has 3 rings (SSSR count). The van der Waals surface area contributed by atoms with Gasteiger partial charge in [-0.05, 0) is 42.8 Å². The van der Waals surface area contributed by atoms with Gasteiger partial charge in [-0.25, -0.2) is 4.39 Å². The van der Waals surface area contributed by atoms with Gasteiger partial charge in [0.1, 0.15) is 17.6 Å². The Bertz CT molecular complexity index is 1070. The highest BCUT2D eigenvalue weighted by molar-refractivity contribution is 6.06. The zero-order chi connectivity index (χ0) is 21.0. The van der Waals surface area contributed by atoms with E-state index in [1.54, 1.807) is 43.3 Å². The predicted octanol–water partition coefficient (Wildman–Crippen LogP) is 2.75. The van der Waals surface area contributed by atoms with E-state index in [9.17, 15) is 14.0 Å². The van der Waals surface area contributed by atoms with Gasteiger partial charge < -0.3 is 15.4 Å². The molecule has 0 spiro atoms. The Morgan fingerprint density at radius 2 is 1.90 bits per heavy atom. The van der Waals surface area contributed by atoms with E-state index in [4.69, 9.17) is 4.74 Å². The van der Waals surface area contributed by atoms with Crippen LogP contribution in [0.1, 0.15) is 28.5 Å². The van der Waals surface area contributed by atoms with Crippen molar-refractivity contribution >= 4 is 34.9 Å². The van der Waals surface area contributed by atoms with Crippen LogP contribution in [0.25, 0.3) is 23.1 Å². The molecule has 2 aromatic carbocycles. The van der Waals surface area contributed by atoms with E-state index in [1.165, 1.54) is 26.3 Å². The monoisotopic (exact) mass is 396 g/mol. The molecule has 7 nitrogen and oxygen atoms in total. The van der Waals surface area contributed by atoms with Gasteiger partial charge in [-0.2, -0.15) is 5.10 Å². The smallest absolute Gasteiger partial charge is 0.255 e. The molecule has 0 radical (unpaired) electrons. The average molecular weight is 396 g/mol. The van der Waals surface area contributed by atoms with Crippen molar-refractivity contribution in [1.29, 1.82) is 0 Å². The van der Waals surface area contributed by atoms with E-state index in [0.29, 0.717) is 22.3 Å². The number of amides is 2. The number of halogens is 1. The molecule has 0 unspecified atom stereocenters. The van der Waals surface area contributed by atoms with Crippen LogP contribution in [0.4, 0.5) is 4.39 Å². The standard InChI is InChI=1S/C21H21FN4O3/c1-12(20(27)23-2)24-21(28)15-9-11-17-18(19(15)29-3)16(25-26-17)10-6-13-4-7-14(22)8-5-13/h4-12H,1-3H3,(H,23,27)(H,24,28)(H,25,26)/t12-/m0/s1. The first-order chi connectivity index (χ1) is 13.9. The Morgan fingerprint density at radius 1 is 1.17 bits per heavy atom. The Morgan fingerprint density at radius 3 is 2.55 bits per heavy atom. The van der Waals surface area contributed by atoms with Gasteiger partial charge in [-0.3, -0.25) is 14.7 Å². The highest BCUT2D eigenvalue weighted by Crippen LogP contribution is 2.32. The minimum absolute atomic E-state index is 0.286. The SMILES string of the molecule is CNC(=O)[C@H](C)NC(=O)c1ccc2n[nH]c(C=Cc3ccc(F)cc3)c2c1OC. The molecule has 0 aliphatic carbocycles. The van der Waals surface area contributed by atoms with E-state index in [1.807, 2.05) is 0 Å². The first-order valence-electron chi connectivity index (χ1n) is 8.95. The number of nitrogens with zero attached hydrogens (tertiary/aromatic N) is 1. The molecule has 2 amide bonds. The lowest BCUT2D eigenvalue weighted by Gasteiger charge is -2.14. The lowest BCUT2D eigenvalue weighted by Crippen LogP contribution is -2.43. The zero-order valence-corrected chi connectivity index (χ0v) is 16.2. The summed E-state index contributed by atoms with van der Waals surface area (Å²) >= 11 is 0. The highest BCUT2D eigenvalue weighted by Gasteiger charge is 2.21. The number of aromatic amines is 1. The first-order valence-corrected chi connectivity index (χ1v) is 8.95. The van der Waals surface area contributed by atoms with Crippen molar-refractivity contribution in [3.63, 3.8) is 0 Å². The van der Waals surface area contributed by atoms with Crippen LogP contribution in [-0.2, 0) is 4.79 Å². The number of methoxy groups -OCH3 is 1. The van der Waals surface area contributed by atoms with Crippen LogP contribution in [0.15, 0.2) is 36.4 Å². The number of hydrogen-bond acceptors (Lipinski definition) is 4. The lowest BCUT2D eigenvalue weighted by molar-refractivity contribution is -0.122. The summed E-state index contributed by atoms with van der Waals surface area (Å²) in [5.74, 6) is -0.701. The molecule has 1 atom stereocenters. The predicted molar refractivity (Wildman–Crippen MR) is 109 cm³/mol. The molecule has 3 N–H and O–H groups in total. The second-order valence-electron chi connectivity index (χ2n) is 6.37. The fraction of sp³-hybridized carbons (Fsp3) is 0.190. The molecule has 29 heavy (non-hydrogen) atoms. The number of carbonyl (C=O) groups excluding carboxylic acids is 2. The molecule has 1 heterocycles. The van der Waals surface area contributed by atoms with Gasteiger partial charge >= 0.3 is 0 Å². The summed E-state index contributed by atoms with van der Waals surface area (Å²) in [4.78, 5) is 24.4. The molecule has 8 heteroatoms. The van der Waals surface area contributed by atoms with E-state index in [-0.39, 0.29) is 17.3 Å². The van der Waals surface area contributed by atoms with E-state index >= 15 is 0 Å². The molecule has 0 bridgehead atoms. The summed E-state index contributed by atoms with van der Waals surface area (Å²) in [6.45, 7) is 1.59. The summed E-state index contributed by atoms with van der Waals surface area (Å²) in [6.07, 6.45) is 3.58. The molecular formula is C21H21FN4O3. The van der Waals surface area contributed by atoms with Gasteiger partial charge in [-0.1, -0.05) is 18.2 Å². The van der Waals surface area contributed by atoms with Crippen molar-refractivity contribution < 1.29 is 18.7 Å². The zero-order valence-electron chi connectivity index (χ0n) is 16.2. The van der Waals surface area contributed by atoms with Gasteiger partial charge in [0.2, 0.25) is 5.91 Å². The van der Waals surface area contributed by atoms with Crippen LogP contribution in [0, 0.1) is 5.82 Å². The minimum atomic E-state index is -0.699. The average Bonchev–Trinajstić information content (AvgIpc) is 3.15. The number of fused-ring (bicyclic) bond motifs is 1. The third-order valence-corrected chi connectivity index (χ3v) is 4.45. The highest BCUT2D eigenvalue weighted by atomic mass is 19.1. The number of carbonyl (C=O) groups is 2. The third kappa shape index (κ3) is 4.26. The fourth-order valence-corrected chi connectivity index (χ4v) is 2.92. The largest absolute Gasteiger partial charge is 0.495 e.